The third kappa shape index (κ3) is 3.87. The SMILES string of the molecule is Cc1ccc(/C=C/C(=O)N[C@H](C)Cc2c(C)nn(C)c2C)o1. The first-order valence-electron chi connectivity index (χ1n) is 7.41. The molecule has 0 saturated heterocycles. The number of hydrogen-bond acceptors (Lipinski definition) is 3. The summed E-state index contributed by atoms with van der Waals surface area (Å²) in [6.45, 7) is 7.91. The molecule has 1 N–H and O–H groups in total. The molecule has 5 heteroatoms. The Morgan fingerprint density at radius 2 is 2.14 bits per heavy atom. The van der Waals surface area contributed by atoms with Crippen molar-refractivity contribution in [1.82, 2.24) is 15.1 Å². The van der Waals surface area contributed by atoms with Crippen LogP contribution >= 0.6 is 0 Å². The minimum absolute atomic E-state index is 0.0390. The zero-order valence-electron chi connectivity index (χ0n) is 13.8. The first-order chi connectivity index (χ1) is 10.4. The van der Waals surface area contributed by atoms with E-state index in [0.29, 0.717) is 5.76 Å². The molecule has 0 aliphatic heterocycles. The number of aryl methyl sites for hydroxylation is 3. The van der Waals surface area contributed by atoms with Gasteiger partial charge in [0.1, 0.15) is 11.5 Å². The summed E-state index contributed by atoms with van der Waals surface area (Å²) in [7, 11) is 1.93. The Morgan fingerprint density at radius 3 is 2.68 bits per heavy atom. The molecular formula is C17H23N3O2. The Hall–Kier alpha value is -2.30. The molecule has 2 rings (SSSR count). The highest BCUT2D eigenvalue weighted by atomic mass is 16.3. The van der Waals surface area contributed by atoms with Crippen LogP contribution < -0.4 is 5.32 Å². The normalized spacial score (nSPS) is 12.8. The number of nitrogens with one attached hydrogen (secondary N) is 1. The van der Waals surface area contributed by atoms with Crippen molar-refractivity contribution in [1.29, 1.82) is 0 Å². The van der Waals surface area contributed by atoms with Crippen molar-refractivity contribution in [2.24, 2.45) is 7.05 Å². The molecule has 0 aromatic carbocycles. The number of carbonyl (C=O) groups excluding carboxylic acids is 1. The van der Waals surface area contributed by atoms with Crippen LogP contribution in [-0.2, 0) is 18.3 Å². The lowest BCUT2D eigenvalue weighted by Crippen LogP contribution is -2.33. The van der Waals surface area contributed by atoms with Gasteiger partial charge in [-0.1, -0.05) is 0 Å². The van der Waals surface area contributed by atoms with Crippen molar-refractivity contribution in [3.05, 3.63) is 46.7 Å². The van der Waals surface area contributed by atoms with E-state index in [1.165, 1.54) is 11.6 Å². The van der Waals surface area contributed by atoms with Gasteiger partial charge in [-0.3, -0.25) is 9.48 Å². The van der Waals surface area contributed by atoms with Gasteiger partial charge >= 0.3 is 0 Å². The van der Waals surface area contributed by atoms with Gasteiger partial charge in [0.15, 0.2) is 0 Å². The first kappa shape index (κ1) is 16.1. The van der Waals surface area contributed by atoms with Gasteiger partial charge in [0.05, 0.1) is 5.69 Å². The second-order valence-corrected chi connectivity index (χ2v) is 5.67. The maximum atomic E-state index is 11.9. The molecule has 0 fully saturated rings. The van der Waals surface area contributed by atoms with Gasteiger partial charge in [0, 0.05) is 24.9 Å². The van der Waals surface area contributed by atoms with Crippen LogP contribution in [0.4, 0.5) is 0 Å². The van der Waals surface area contributed by atoms with Crippen LogP contribution in [0.5, 0.6) is 0 Å². The van der Waals surface area contributed by atoms with Gasteiger partial charge in [0.25, 0.3) is 0 Å². The fourth-order valence-corrected chi connectivity index (χ4v) is 2.46. The minimum Gasteiger partial charge on any atom is -0.462 e. The Balaban J connectivity index is 1.92. The van der Waals surface area contributed by atoms with Crippen LogP contribution in [0, 0.1) is 20.8 Å². The predicted molar refractivity (Wildman–Crippen MR) is 86.5 cm³/mol. The van der Waals surface area contributed by atoms with Gasteiger partial charge in [-0.15, -0.1) is 0 Å². The molecule has 5 nitrogen and oxygen atoms in total. The van der Waals surface area contributed by atoms with Crippen molar-refractivity contribution in [2.45, 2.75) is 40.2 Å². The number of furan rings is 1. The number of nitrogens with zero attached hydrogens (tertiary/aromatic N) is 2. The smallest absolute Gasteiger partial charge is 0.244 e. The monoisotopic (exact) mass is 301 g/mol. The predicted octanol–water partition coefficient (Wildman–Crippen LogP) is 2.70. The molecule has 118 valence electrons. The zero-order chi connectivity index (χ0) is 16.3. The number of amides is 1. The number of hydrogen-bond donors (Lipinski definition) is 1. The lowest BCUT2D eigenvalue weighted by molar-refractivity contribution is -0.117. The van der Waals surface area contributed by atoms with E-state index in [1.54, 1.807) is 6.08 Å². The van der Waals surface area contributed by atoms with E-state index in [-0.39, 0.29) is 11.9 Å². The van der Waals surface area contributed by atoms with Crippen molar-refractivity contribution in [2.75, 3.05) is 0 Å². The van der Waals surface area contributed by atoms with Gasteiger partial charge in [0.2, 0.25) is 5.91 Å². The highest BCUT2D eigenvalue weighted by molar-refractivity contribution is 5.91. The summed E-state index contributed by atoms with van der Waals surface area (Å²) in [6, 6.07) is 3.75. The van der Waals surface area contributed by atoms with Gasteiger partial charge in [-0.05, 0) is 57.9 Å². The third-order valence-corrected chi connectivity index (χ3v) is 3.72. The Morgan fingerprint density at radius 1 is 1.41 bits per heavy atom. The standard InChI is InChI=1S/C17H23N3O2/c1-11(10-16-13(3)19-20(5)14(16)4)18-17(21)9-8-15-7-6-12(2)22-15/h6-9,11H,10H2,1-5H3,(H,18,21)/b9-8+/t11-/m1/s1. The molecule has 0 aliphatic carbocycles. The summed E-state index contributed by atoms with van der Waals surface area (Å²) in [5, 5.41) is 7.36. The second-order valence-electron chi connectivity index (χ2n) is 5.67. The van der Waals surface area contributed by atoms with Gasteiger partial charge in [-0.2, -0.15) is 5.10 Å². The summed E-state index contributed by atoms with van der Waals surface area (Å²) >= 11 is 0. The highest BCUT2D eigenvalue weighted by Crippen LogP contribution is 2.14. The fraction of sp³-hybridized carbons (Fsp3) is 0.412. The van der Waals surface area contributed by atoms with E-state index in [4.69, 9.17) is 4.42 Å². The van der Waals surface area contributed by atoms with Gasteiger partial charge < -0.3 is 9.73 Å². The molecule has 2 heterocycles. The van der Waals surface area contributed by atoms with Crippen molar-refractivity contribution in [3.63, 3.8) is 0 Å². The van der Waals surface area contributed by atoms with Crippen LogP contribution in [0.3, 0.4) is 0 Å². The first-order valence-corrected chi connectivity index (χ1v) is 7.41. The molecule has 22 heavy (non-hydrogen) atoms. The second kappa shape index (κ2) is 6.64. The zero-order valence-corrected chi connectivity index (χ0v) is 13.8. The molecular weight excluding hydrogens is 278 g/mol. The molecule has 0 saturated carbocycles. The van der Waals surface area contributed by atoms with E-state index < -0.39 is 0 Å². The molecule has 0 unspecified atom stereocenters. The quantitative estimate of drug-likeness (QED) is 0.864. The molecule has 1 amide bonds. The van der Waals surface area contributed by atoms with Crippen LogP contribution in [0.1, 0.15) is 35.4 Å². The summed E-state index contributed by atoms with van der Waals surface area (Å²) in [4.78, 5) is 11.9. The van der Waals surface area contributed by atoms with E-state index in [1.807, 2.05) is 51.6 Å². The molecule has 0 radical (unpaired) electrons. The van der Waals surface area contributed by atoms with Crippen molar-refractivity contribution >= 4 is 12.0 Å². The molecule has 2 aromatic heterocycles. The molecule has 0 spiro atoms. The Labute approximate surface area is 131 Å². The van der Waals surface area contributed by atoms with Crippen LogP contribution in [0.2, 0.25) is 0 Å². The molecule has 0 bridgehead atoms. The van der Waals surface area contributed by atoms with Crippen molar-refractivity contribution in [3.8, 4) is 0 Å². The summed E-state index contributed by atoms with van der Waals surface area (Å²) in [5.41, 5.74) is 3.35. The van der Waals surface area contributed by atoms with Crippen LogP contribution in [0.25, 0.3) is 6.08 Å². The van der Waals surface area contributed by atoms with E-state index in [9.17, 15) is 4.79 Å². The van der Waals surface area contributed by atoms with E-state index >= 15 is 0 Å². The maximum absolute atomic E-state index is 11.9. The highest BCUT2D eigenvalue weighted by Gasteiger charge is 2.13. The summed E-state index contributed by atoms with van der Waals surface area (Å²) in [5.74, 6) is 1.39. The summed E-state index contributed by atoms with van der Waals surface area (Å²) < 4.78 is 7.26. The Kier molecular flexibility index (Phi) is 4.85. The fourth-order valence-electron chi connectivity index (χ4n) is 2.46. The number of carbonyl (C=O) groups is 1. The third-order valence-electron chi connectivity index (χ3n) is 3.72. The average Bonchev–Trinajstić information content (AvgIpc) is 2.96. The lowest BCUT2D eigenvalue weighted by atomic mass is 10.1. The minimum atomic E-state index is -0.124. The molecule has 1 atom stereocenters. The number of aromatic nitrogens is 2. The van der Waals surface area contributed by atoms with Crippen LogP contribution in [0.15, 0.2) is 22.6 Å². The topological polar surface area (TPSA) is 60.1 Å². The molecule has 2 aromatic rings. The number of rotatable bonds is 5. The van der Waals surface area contributed by atoms with E-state index in [0.717, 1.165) is 23.6 Å². The Bertz CT molecular complexity index is 695. The molecule has 0 aliphatic rings. The largest absolute Gasteiger partial charge is 0.462 e. The maximum Gasteiger partial charge on any atom is 0.244 e. The van der Waals surface area contributed by atoms with Crippen molar-refractivity contribution < 1.29 is 9.21 Å². The lowest BCUT2D eigenvalue weighted by Gasteiger charge is -2.12. The van der Waals surface area contributed by atoms with E-state index in [2.05, 4.69) is 10.4 Å². The van der Waals surface area contributed by atoms with Gasteiger partial charge in [-0.25, -0.2) is 0 Å². The average molecular weight is 301 g/mol. The van der Waals surface area contributed by atoms with Crippen LogP contribution in [-0.4, -0.2) is 21.7 Å². The summed E-state index contributed by atoms with van der Waals surface area (Å²) in [6.07, 6.45) is 3.94.